The van der Waals surface area contributed by atoms with Crippen molar-refractivity contribution >= 4 is 29.5 Å². The van der Waals surface area contributed by atoms with Crippen LogP contribution in [0.4, 0.5) is 13.2 Å². The molecule has 2 amide bonds. The lowest BCUT2D eigenvalue weighted by Crippen LogP contribution is -2.34. The molecule has 3 aromatic rings. The largest absolute Gasteiger partial charge is 0.457 e. The van der Waals surface area contributed by atoms with Gasteiger partial charge in [0.2, 0.25) is 0 Å². The molecule has 0 aliphatic heterocycles. The first-order valence-electron chi connectivity index (χ1n) is 9.62. The minimum Gasteiger partial charge on any atom is -0.457 e. The summed E-state index contributed by atoms with van der Waals surface area (Å²) in [6, 6.07) is 13.7. The Hall–Kier alpha value is -3.78. The molecule has 0 bridgehead atoms. The molecule has 0 unspecified atom stereocenters. The number of carbonyl (C=O) groups is 2. The summed E-state index contributed by atoms with van der Waals surface area (Å²) in [5, 5.41) is 5.51. The summed E-state index contributed by atoms with van der Waals surface area (Å²) < 4.78 is 44.6. The van der Waals surface area contributed by atoms with Gasteiger partial charge in [0.25, 0.3) is 11.8 Å². The Bertz CT molecular complexity index is 1200. The lowest BCUT2D eigenvalue weighted by molar-refractivity contribution is -0.137. The zero-order chi connectivity index (χ0) is 24.0. The highest BCUT2D eigenvalue weighted by Gasteiger charge is 2.30. The smallest absolute Gasteiger partial charge is 0.416 e. The van der Waals surface area contributed by atoms with Crippen LogP contribution in [0.5, 0.6) is 0 Å². The van der Waals surface area contributed by atoms with Gasteiger partial charge in [-0.05, 0) is 48.5 Å². The van der Waals surface area contributed by atoms with Crippen molar-refractivity contribution in [2.24, 2.45) is 0 Å². The maximum atomic E-state index is 13.0. The van der Waals surface area contributed by atoms with Crippen molar-refractivity contribution in [1.82, 2.24) is 10.6 Å². The normalized spacial score (nSPS) is 11.7. The van der Waals surface area contributed by atoms with E-state index in [1.54, 1.807) is 0 Å². The second-order valence-electron chi connectivity index (χ2n) is 6.80. The maximum absolute atomic E-state index is 13.0. The summed E-state index contributed by atoms with van der Waals surface area (Å²) >= 11 is 5.83. The van der Waals surface area contributed by atoms with Crippen molar-refractivity contribution in [3.05, 3.63) is 101 Å². The van der Waals surface area contributed by atoms with Crippen LogP contribution in [-0.4, -0.2) is 18.4 Å². The lowest BCUT2D eigenvalue weighted by atomic mass is 10.1. The average Bonchev–Trinajstić information content (AvgIpc) is 3.25. The number of rotatable bonds is 7. The molecule has 2 N–H and O–H groups in total. The Kier molecular flexibility index (Phi) is 7.40. The van der Waals surface area contributed by atoms with E-state index >= 15 is 0 Å². The third kappa shape index (κ3) is 6.36. The molecule has 0 saturated heterocycles. The first kappa shape index (κ1) is 23.9. The second-order valence-corrected chi connectivity index (χ2v) is 7.23. The molecule has 0 atom stereocenters. The minimum atomic E-state index is -4.49. The van der Waals surface area contributed by atoms with Gasteiger partial charge in [-0.3, -0.25) is 9.59 Å². The van der Waals surface area contributed by atoms with Gasteiger partial charge in [-0.1, -0.05) is 29.8 Å². The zero-order valence-electron chi connectivity index (χ0n) is 17.1. The number of hydrogen-bond acceptors (Lipinski definition) is 3. The summed E-state index contributed by atoms with van der Waals surface area (Å²) in [5.74, 6) is -0.838. The number of halogens is 4. The van der Waals surface area contributed by atoms with E-state index in [0.717, 1.165) is 12.1 Å². The Morgan fingerprint density at radius 1 is 1.06 bits per heavy atom. The van der Waals surface area contributed by atoms with Gasteiger partial charge in [0, 0.05) is 28.8 Å². The van der Waals surface area contributed by atoms with Crippen molar-refractivity contribution in [1.29, 1.82) is 0 Å². The van der Waals surface area contributed by atoms with Crippen LogP contribution in [0.2, 0.25) is 5.02 Å². The number of alkyl halides is 3. The van der Waals surface area contributed by atoms with Crippen LogP contribution in [0.3, 0.4) is 0 Å². The van der Waals surface area contributed by atoms with Crippen LogP contribution in [-0.2, 0) is 11.0 Å². The molecule has 0 radical (unpaired) electrons. The van der Waals surface area contributed by atoms with Gasteiger partial charge in [0.1, 0.15) is 17.2 Å². The van der Waals surface area contributed by atoms with E-state index in [4.69, 9.17) is 16.0 Å². The van der Waals surface area contributed by atoms with Crippen LogP contribution in [0.1, 0.15) is 21.7 Å². The summed E-state index contributed by atoms with van der Waals surface area (Å²) in [5.41, 5.74) is -0.451. The standard InChI is InChI=1S/C24H18ClF3N2O3/c1-2-12-29-23(32)20(30-22(31)15-6-8-18(25)9-7-15)14-19-10-11-21(33-19)16-4-3-5-17(13-16)24(26,27)28/h2-11,13-14H,1,12H2,(H,29,32)(H,30,31)/b20-14+. The first-order chi connectivity index (χ1) is 15.7. The zero-order valence-corrected chi connectivity index (χ0v) is 17.8. The van der Waals surface area contributed by atoms with Crippen LogP contribution in [0, 0.1) is 0 Å². The Balaban J connectivity index is 1.89. The third-order valence-corrected chi connectivity index (χ3v) is 4.65. The predicted molar refractivity (Wildman–Crippen MR) is 119 cm³/mol. The number of hydrogen-bond donors (Lipinski definition) is 2. The van der Waals surface area contributed by atoms with E-state index in [2.05, 4.69) is 17.2 Å². The lowest BCUT2D eigenvalue weighted by Gasteiger charge is -2.10. The Morgan fingerprint density at radius 2 is 1.79 bits per heavy atom. The van der Waals surface area contributed by atoms with Gasteiger partial charge < -0.3 is 15.1 Å². The van der Waals surface area contributed by atoms with E-state index in [9.17, 15) is 22.8 Å². The fourth-order valence-electron chi connectivity index (χ4n) is 2.79. The molecule has 0 aliphatic carbocycles. The van der Waals surface area contributed by atoms with Gasteiger partial charge >= 0.3 is 6.18 Å². The second kappa shape index (κ2) is 10.2. The fraction of sp³-hybridized carbons (Fsp3) is 0.0833. The van der Waals surface area contributed by atoms with Gasteiger partial charge in [-0.2, -0.15) is 13.2 Å². The molecule has 0 aliphatic rings. The highest BCUT2D eigenvalue weighted by atomic mass is 35.5. The van der Waals surface area contributed by atoms with Crippen molar-refractivity contribution in [3.63, 3.8) is 0 Å². The average molecular weight is 475 g/mol. The Labute approximate surface area is 192 Å². The number of amides is 2. The molecule has 0 saturated carbocycles. The SMILES string of the molecule is C=CCNC(=O)/C(=C\c1ccc(-c2cccc(C(F)(F)F)c2)o1)NC(=O)c1ccc(Cl)cc1. The van der Waals surface area contributed by atoms with Crippen LogP contribution < -0.4 is 10.6 Å². The van der Waals surface area contributed by atoms with Gasteiger partial charge in [-0.15, -0.1) is 6.58 Å². The highest BCUT2D eigenvalue weighted by Crippen LogP contribution is 2.32. The minimum absolute atomic E-state index is 0.123. The summed E-state index contributed by atoms with van der Waals surface area (Å²) in [6.45, 7) is 3.67. The van der Waals surface area contributed by atoms with Crippen LogP contribution in [0.15, 0.2) is 83.4 Å². The quantitative estimate of drug-likeness (QED) is 0.341. The highest BCUT2D eigenvalue weighted by molar-refractivity contribution is 6.30. The van der Waals surface area contributed by atoms with Crippen LogP contribution in [0.25, 0.3) is 17.4 Å². The number of benzene rings is 2. The van der Waals surface area contributed by atoms with E-state index in [1.165, 1.54) is 60.7 Å². The van der Waals surface area contributed by atoms with Crippen LogP contribution >= 0.6 is 11.6 Å². The molecule has 170 valence electrons. The monoisotopic (exact) mass is 474 g/mol. The molecule has 5 nitrogen and oxygen atoms in total. The first-order valence-corrected chi connectivity index (χ1v) is 10.0. The van der Waals surface area contributed by atoms with Crippen molar-refractivity contribution in [3.8, 4) is 11.3 Å². The predicted octanol–water partition coefficient (Wildman–Crippen LogP) is 5.69. The number of carbonyl (C=O) groups excluding carboxylic acids is 2. The molecular weight excluding hydrogens is 457 g/mol. The van der Waals surface area contributed by atoms with Gasteiger partial charge in [-0.25, -0.2) is 0 Å². The number of furan rings is 1. The molecule has 0 spiro atoms. The summed E-state index contributed by atoms with van der Waals surface area (Å²) in [7, 11) is 0. The van der Waals surface area contributed by atoms with E-state index in [-0.39, 0.29) is 34.9 Å². The van der Waals surface area contributed by atoms with Crippen molar-refractivity contribution in [2.75, 3.05) is 6.54 Å². The maximum Gasteiger partial charge on any atom is 0.416 e. The summed E-state index contributed by atoms with van der Waals surface area (Å²) in [6.07, 6.45) is -1.74. The molecule has 0 fully saturated rings. The molecule has 3 rings (SSSR count). The molecule has 2 aromatic carbocycles. The van der Waals surface area contributed by atoms with E-state index in [1.807, 2.05) is 0 Å². The molecule has 1 aromatic heterocycles. The van der Waals surface area contributed by atoms with Gasteiger partial charge in [0.15, 0.2) is 0 Å². The fourth-order valence-corrected chi connectivity index (χ4v) is 2.92. The Morgan fingerprint density at radius 3 is 2.45 bits per heavy atom. The third-order valence-electron chi connectivity index (χ3n) is 4.39. The molecular formula is C24H18ClF3N2O3. The molecule has 9 heteroatoms. The van der Waals surface area contributed by atoms with Crippen molar-refractivity contribution < 1.29 is 27.2 Å². The van der Waals surface area contributed by atoms with Crippen molar-refractivity contribution in [2.45, 2.75) is 6.18 Å². The van der Waals surface area contributed by atoms with E-state index in [0.29, 0.717) is 5.02 Å². The topological polar surface area (TPSA) is 71.3 Å². The summed E-state index contributed by atoms with van der Waals surface area (Å²) in [4.78, 5) is 25.1. The molecule has 1 heterocycles. The number of nitrogens with one attached hydrogen (secondary N) is 2. The van der Waals surface area contributed by atoms with Gasteiger partial charge in [0.05, 0.1) is 5.56 Å². The van der Waals surface area contributed by atoms with E-state index < -0.39 is 23.6 Å². The molecule has 33 heavy (non-hydrogen) atoms.